The topological polar surface area (TPSA) is 93.4 Å². The molecule has 0 saturated carbocycles. The highest BCUT2D eigenvalue weighted by Gasteiger charge is 2.29. The first-order valence-corrected chi connectivity index (χ1v) is 8.65. The quantitative estimate of drug-likeness (QED) is 0.644. The molecule has 0 spiro atoms. The van der Waals surface area contributed by atoms with Crippen LogP contribution in [-0.2, 0) is 0 Å². The third-order valence-electron chi connectivity index (χ3n) is 4.68. The third kappa shape index (κ3) is 3.68. The van der Waals surface area contributed by atoms with E-state index in [-0.39, 0.29) is 11.5 Å². The molecule has 138 valence electrons. The number of nitro groups is 1. The van der Waals surface area contributed by atoms with E-state index in [1.54, 1.807) is 7.11 Å². The molecule has 2 aromatic rings. The summed E-state index contributed by atoms with van der Waals surface area (Å²) < 4.78 is 5.35. The van der Waals surface area contributed by atoms with Crippen molar-refractivity contribution in [1.29, 1.82) is 0 Å². The Morgan fingerprint density at radius 2 is 2.04 bits per heavy atom. The number of nitrogens with zero attached hydrogens (tertiary/aromatic N) is 4. The lowest BCUT2D eigenvalue weighted by Gasteiger charge is -2.30. The monoisotopic (exact) mass is 357 g/mol. The second-order valence-corrected chi connectivity index (χ2v) is 6.65. The van der Waals surface area contributed by atoms with Gasteiger partial charge >= 0.3 is 5.69 Å². The van der Waals surface area contributed by atoms with E-state index >= 15 is 0 Å². The van der Waals surface area contributed by atoms with Gasteiger partial charge in [-0.25, -0.2) is 9.97 Å². The molecule has 0 amide bonds. The summed E-state index contributed by atoms with van der Waals surface area (Å²) >= 11 is 0. The van der Waals surface area contributed by atoms with E-state index < -0.39 is 4.92 Å². The predicted octanol–water partition coefficient (Wildman–Crippen LogP) is 3.68. The van der Waals surface area contributed by atoms with Gasteiger partial charge in [-0.1, -0.05) is 13.0 Å². The van der Waals surface area contributed by atoms with Crippen molar-refractivity contribution in [3.8, 4) is 5.75 Å². The Labute approximate surface area is 152 Å². The van der Waals surface area contributed by atoms with Crippen molar-refractivity contribution in [3.63, 3.8) is 0 Å². The largest absolute Gasteiger partial charge is 0.495 e. The molecule has 1 N–H and O–H groups in total. The van der Waals surface area contributed by atoms with Crippen LogP contribution in [0.15, 0.2) is 24.5 Å². The molecule has 1 aliphatic heterocycles. The van der Waals surface area contributed by atoms with Gasteiger partial charge in [0.15, 0.2) is 0 Å². The minimum Gasteiger partial charge on any atom is -0.495 e. The number of rotatable bonds is 5. The number of aromatic nitrogens is 2. The van der Waals surface area contributed by atoms with Crippen LogP contribution in [0.1, 0.15) is 25.3 Å². The maximum Gasteiger partial charge on any atom is 0.353 e. The van der Waals surface area contributed by atoms with E-state index in [0.717, 1.165) is 31.5 Å². The zero-order chi connectivity index (χ0) is 18.7. The molecule has 26 heavy (non-hydrogen) atoms. The molecule has 0 aliphatic carbocycles. The van der Waals surface area contributed by atoms with Crippen LogP contribution >= 0.6 is 0 Å². The maximum atomic E-state index is 11.8. The van der Waals surface area contributed by atoms with Gasteiger partial charge in [-0.2, -0.15) is 0 Å². The van der Waals surface area contributed by atoms with Crippen LogP contribution in [0.25, 0.3) is 0 Å². The first-order chi connectivity index (χ1) is 12.5. The van der Waals surface area contributed by atoms with Crippen LogP contribution in [0.3, 0.4) is 0 Å². The third-order valence-corrected chi connectivity index (χ3v) is 4.68. The lowest BCUT2D eigenvalue weighted by atomic mass is 9.99. The molecule has 1 aromatic heterocycles. The average Bonchev–Trinajstić information content (AvgIpc) is 2.62. The van der Waals surface area contributed by atoms with Gasteiger partial charge in [0.1, 0.15) is 12.1 Å². The summed E-state index contributed by atoms with van der Waals surface area (Å²) in [4.78, 5) is 21.7. The van der Waals surface area contributed by atoms with Gasteiger partial charge in [-0.15, -0.1) is 0 Å². The molecule has 3 rings (SSSR count). The summed E-state index contributed by atoms with van der Waals surface area (Å²) in [5, 5.41) is 14.8. The summed E-state index contributed by atoms with van der Waals surface area (Å²) in [7, 11) is 1.56. The Hall–Kier alpha value is -2.90. The van der Waals surface area contributed by atoms with Crippen molar-refractivity contribution in [2.75, 3.05) is 30.4 Å². The van der Waals surface area contributed by atoms with Crippen molar-refractivity contribution < 1.29 is 9.66 Å². The molecule has 1 saturated heterocycles. The molecular weight excluding hydrogens is 334 g/mol. The molecule has 2 heterocycles. The minimum atomic E-state index is -0.419. The van der Waals surface area contributed by atoms with E-state index in [0.29, 0.717) is 23.2 Å². The van der Waals surface area contributed by atoms with Gasteiger partial charge in [0.25, 0.3) is 0 Å². The summed E-state index contributed by atoms with van der Waals surface area (Å²) in [6.07, 6.45) is 3.36. The summed E-state index contributed by atoms with van der Waals surface area (Å²) in [6, 6.07) is 5.60. The van der Waals surface area contributed by atoms with Gasteiger partial charge in [0, 0.05) is 13.1 Å². The Kier molecular flexibility index (Phi) is 5.20. The van der Waals surface area contributed by atoms with E-state index in [2.05, 4.69) is 22.2 Å². The molecule has 1 fully saturated rings. The predicted molar refractivity (Wildman–Crippen MR) is 100 cm³/mol. The van der Waals surface area contributed by atoms with Crippen molar-refractivity contribution in [3.05, 3.63) is 40.2 Å². The maximum absolute atomic E-state index is 11.8. The van der Waals surface area contributed by atoms with Crippen LogP contribution in [0.4, 0.5) is 23.0 Å². The number of methoxy groups -OCH3 is 1. The number of anilines is 3. The molecule has 8 nitrogen and oxygen atoms in total. The standard InChI is InChI=1S/C18H23N5O3/c1-12-6-8-22(9-7-12)18-16(23(24)25)17(19-11-20-18)21-14-10-13(2)4-5-15(14)26-3/h4-5,10-12H,6-9H2,1-3H3,(H,19,20,21). The lowest BCUT2D eigenvalue weighted by molar-refractivity contribution is -0.383. The highest BCUT2D eigenvalue weighted by atomic mass is 16.6. The van der Waals surface area contributed by atoms with Gasteiger partial charge in [0.05, 0.1) is 17.7 Å². The van der Waals surface area contributed by atoms with Crippen LogP contribution in [0, 0.1) is 23.0 Å². The molecule has 0 unspecified atom stereocenters. The number of aryl methyl sites for hydroxylation is 1. The summed E-state index contributed by atoms with van der Waals surface area (Å²) in [6.45, 7) is 5.65. The van der Waals surface area contributed by atoms with Crippen LogP contribution in [0.2, 0.25) is 0 Å². The Morgan fingerprint density at radius 1 is 1.31 bits per heavy atom. The first-order valence-electron chi connectivity index (χ1n) is 8.65. The first kappa shape index (κ1) is 17.9. The molecule has 0 atom stereocenters. The summed E-state index contributed by atoms with van der Waals surface area (Å²) in [5.74, 6) is 1.76. The molecular formula is C18H23N5O3. The van der Waals surface area contributed by atoms with Crippen LogP contribution in [-0.4, -0.2) is 35.1 Å². The number of hydrogen-bond donors (Lipinski definition) is 1. The van der Waals surface area contributed by atoms with E-state index in [4.69, 9.17) is 4.74 Å². The number of ether oxygens (including phenoxy) is 1. The molecule has 8 heteroatoms. The van der Waals surface area contributed by atoms with E-state index in [9.17, 15) is 10.1 Å². The van der Waals surface area contributed by atoms with Gasteiger partial charge < -0.3 is 15.0 Å². The Morgan fingerprint density at radius 3 is 2.69 bits per heavy atom. The van der Waals surface area contributed by atoms with Gasteiger partial charge in [-0.3, -0.25) is 10.1 Å². The molecule has 0 radical (unpaired) electrons. The van der Waals surface area contributed by atoms with Crippen LogP contribution < -0.4 is 15.0 Å². The van der Waals surface area contributed by atoms with Crippen molar-refractivity contribution in [1.82, 2.24) is 9.97 Å². The highest BCUT2D eigenvalue weighted by molar-refractivity contribution is 5.76. The van der Waals surface area contributed by atoms with Crippen molar-refractivity contribution >= 4 is 23.0 Å². The minimum absolute atomic E-state index is 0.106. The number of benzene rings is 1. The van der Waals surface area contributed by atoms with E-state index in [1.807, 2.05) is 30.0 Å². The van der Waals surface area contributed by atoms with Crippen molar-refractivity contribution in [2.45, 2.75) is 26.7 Å². The Bertz CT molecular complexity index is 803. The molecule has 1 aliphatic rings. The van der Waals surface area contributed by atoms with E-state index in [1.165, 1.54) is 6.33 Å². The zero-order valence-electron chi connectivity index (χ0n) is 15.2. The lowest BCUT2D eigenvalue weighted by Crippen LogP contribution is -2.34. The molecule has 0 bridgehead atoms. The fourth-order valence-electron chi connectivity index (χ4n) is 3.13. The van der Waals surface area contributed by atoms with Crippen molar-refractivity contribution in [2.24, 2.45) is 5.92 Å². The second-order valence-electron chi connectivity index (χ2n) is 6.65. The SMILES string of the molecule is COc1ccc(C)cc1Nc1ncnc(N2CCC(C)CC2)c1[N+](=O)[O-]. The van der Waals surface area contributed by atoms with Gasteiger partial charge in [0.2, 0.25) is 11.6 Å². The summed E-state index contributed by atoms with van der Waals surface area (Å²) in [5.41, 5.74) is 1.54. The fourth-order valence-corrected chi connectivity index (χ4v) is 3.13. The Balaban J connectivity index is 1.99. The number of piperidine rings is 1. The number of nitrogens with one attached hydrogen (secondary N) is 1. The normalized spacial score (nSPS) is 15.0. The second kappa shape index (κ2) is 7.55. The molecule has 1 aromatic carbocycles. The number of hydrogen-bond acceptors (Lipinski definition) is 7. The van der Waals surface area contributed by atoms with Crippen LogP contribution in [0.5, 0.6) is 5.75 Å². The zero-order valence-corrected chi connectivity index (χ0v) is 15.2. The highest BCUT2D eigenvalue weighted by Crippen LogP contribution is 2.37. The average molecular weight is 357 g/mol. The fraction of sp³-hybridized carbons (Fsp3) is 0.444. The smallest absolute Gasteiger partial charge is 0.353 e. The van der Waals surface area contributed by atoms with Gasteiger partial charge in [-0.05, 0) is 43.4 Å².